The third-order valence-electron chi connectivity index (χ3n) is 4.10. The van der Waals surface area contributed by atoms with Gasteiger partial charge < -0.3 is 10.4 Å². The number of nitrogens with one attached hydrogen (secondary N) is 1. The van der Waals surface area contributed by atoms with Gasteiger partial charge in [-0.3, -0.25) is 9.67 Å². The van der Waals surface area contributed by atoms with E-state index >= 15 is 0 Å². The van der Waals surface area contributed by atoms with Gasteiger partial charge in [-0.15, -0.1) is 0 Å². The molecule has 0 spiro atoms. The van der Waals surface area contributed by atoms with Crippen LogP contribution in [0.15, 0.2) is 24.5 Å². The Morgan fingerprint density at radius 3 is 3.05 bits per heavy atom. The van der Waals surface area contributed by atoms with Gasteiger partial charge in [0.2, 0.25) is 0 Å². The first kappa shape index (κ1) is 14.2. The highest BCUT2D eigenvalue weighted by Gasteiger charge is 2.23. The summed E-state index contributed by atoms with van der Waals surface area (Å²) in [6.45, 7) is 3.55. The van der Waals surface area contributed by atoms with Crippen LogP contribution in [0.2, 0.25) is 0 Å². The molecule has 0 amide bonds. The van der Waals surface area contributed by atoms with Crippen molar-refractivity contribution in [3.05, 3.63) is 47.0 Å². The zero-order valence-electron chi connectivity index (χ0n) is 12.4. The fraction of sp³-hybridized carbons (Fsp3) is 0.500. The van der Waals surface area contributed by atoms with E-state index in [1.54, 1.807) is 0 Å². The molecule has 2 aromatic heterocycles. The maximum atomic E-state index is 9.10. The molecule has 3 rings (SSSR count). The molecule has 2 aromatic rings. The number of aryl methyl sites for hydroxylation is 1. The molecule has 0 fully saturated rings. The number of pyridine rings is 1. The second kappa shape index (κ2) is 6.37. The van der Waals surface area contributed by atoms with E-state index in [4.69, 9.17) is 5.11 Å². The van der Waals surface area contributed by atoms with Gasteiger partial charge in [0.05, 0.1) is 19.3 Å². The molecule has 0 saturated heterocycles. The van der Waals surface area contributed by atoms with Crippen LogP contribution in [0.25, 0.3) is 0 Å². The summed E-state index contributed by atoms with van der Waals surface area (Å²) in [7, 11) is 0. The molecule has 1 aliphatic carbocycles. The zero-order chi connectivity index (χ0) is 14.7. The van der Waals surface area contributed by atoms with Crippen molar-refractivity contribution >= 4 is 0 Å². The van der Waals surface area contributed by atoms with Gasteiger partial charge in [-0.05, 0) is 37.8 Å². The van der Waals surface area contributed by atoms with Gasteiger partial charge >= 0.3 is 0 Å². The van der Waals surface area contributed by atoms with Crippen LogP contribution >= 0.6 is 0 Å². The molecule has 0 radical (unpaired) electrons. The average Bonchev–Trinajstić information content (AvgIpc) is 2.91. The number of rotatable bonds is 5. The van der Waals surface area contributed by atoms with Crippen LogP contribution in [0, 0.1) is 6.92 Å². The van der Waals surface area contributed by atoms with Crippen molar-refractivity contribution in [2.75, 3.05) is 6.61 Å². The van der Waals surface area contributed by atoms with E-state index in [1.165, 1.54) is 16.8 Å². The number of nitrogens with zero attached hydrogens (tertiary/aromatic N) is 3. The molecule has 0 aliphatic heterocycles. The Hall–Kier alpha value is -1.72. The van der Waals surface area contributed by atoms with Crippen molar-refractivity contribution in [2.45, 2.75) is 45.3 Å². The smallest absolute Gasteiger partial charge is 0.0644 e. The summed E-state index contributed by atoms with van der Waals surface area (Å²) in [6.07, 6.45) is 7.24. The molecule has 2 heterocycles. The van der Waals surface area contributed by atoms with Crippen molar-refractivity contribution < 1.29 is 5.11 Å². The standard InChI is InChI=1S/C16H22N4O/c1-12-5-6-13(9-17-12)10-18-15-3-2-4-16-14(15)11-19-20(16)7-8-21/h5-6,9,11,15,18,21H,2-4,7-8,10H2,1H3. The van der Waals surface area contributed by atoms with Crippen molar-refractivity contribution in [3.8, 4) is 0 Å². The minimum absolute atomic E-state index is 0.140. The molecule has 5 nitrogen and oxygen atoms in total. The molecule has 21 heavy (non-hydrogen) atoms. The zero-order valence-corrected chi connectivity index (χ0v) is 12.4. The topological polar surface area (TPSA) is 63.0 Å². The summed E-state index contributed by atoms with van der Waals surface area (Å²) in [5.41, 5.74) is 4.81. The minimum Gasteiger partial charge on any atom is -0.394 e. The second-order valence-corrected chi connectivity index (χ2v) is 5.63. The number of hydrogen-bond acceptors (Lipinski definition) is 4. The van der Waals surface area contributed by atoms with Crippen molar-refractivity contribution in [3.63, 3.8) is 0 Å². The van der Waals surface area contributed by atoms with Crippen LogP contribution in [0.1, 0.15) is 41.4 Å². The fourth-order valence-electron chi connectivity index (χ4n) is 2.96. The first-order valence-corrected chi connectivity index (χ1v) is 7.58. The first-order chi connectivity index (χ1) is 10.3. The van der Waals surface area contributed by atoms with Crippen LogP contribution in [0.3, 0.4) is 0 Å². The van der Waals surface area contributed by atoms with E-state index in [2.05, 4.69) is 21.5 Å². The van der Waals surface area contributed by atoms with Crippen LogP contribution in [-0.2, 0) is 19.5 Å². The predicted octanol–water partition coefficient (Wildman–Crippen LogP) is 1.75. The molecule has 5 heteroatoms. The van der Waals surface area contributed by atoms with Gasteiger partial charge in [0.15, 0.2) is 0 Å². The SMILES string of the molecule is Cc1ccc(CNC2CCCc3c2cnn3CCO)cn1. The molecule has 0 aromatic carbocycles. The lowest BCUT2D eigenvalue weighted by Crippen LogP contribution is -2.25. The van der Waals surface area contributed by atoms with E-state index in [-0.39, 0.29) is 6.61 Å². The van der Waals surface area contributed by atoms with Crippen molar-refractivity contribution in [1.82, 2.24) is 20.1 Å². The number of aromatic nitrogens is 3. The molecule has 1 unspecified atom stereocenters. The summed E-state index contributed by atoms with van der Waals surface area (Å²) in [5, 5.41) is 17.1. The Labute approximate surface area is 125 Å². The second-order valence-electron chi connectivity index (χ2n) is 5.63. The van der Waals surface area contributed by atoms with E-state index in [0.29, 0.717) is 12.6 Å². The van der Waals surface area contributed by atoms with Gasteiger partial charge in [-0.25, -0.2) is 0 Å². The Bertz CT molecular complexity index is 591. The van der Waals surface area contributed by atoms with E-state index in [0.717, 1.165) is 31.5 Å². The summed E-state index contributed by atoms with van der Waals surface area (Å²) in [4.78, 5) is 4.33. The van der Waals surface area contributed by atoms with Crippen LogP contribution in [0.5, 0.6) is 0 Å². The van der Waals surface area contributed by atoms with Gasteiger partial charge in [-0.1, -0.05) is 6.07 Å². The Morgan fingerprint density at radius 1 is 1.38 bits per heavy atom. The highest BCUT2D eigenvalue weighted by molar-refractivity contribution is 5.25. The van der Waals surface area contributed by atoms with Gasteiger partial charge in [0.1, 0.15) is 0 Å². The lowest BCUT2D eigenvalue weighted by molar-refractivity contribution is 0.266. The van der Waals surface area contributed by atoms with Gasteiger partial charge in [-0.2, -0.15) is 5.10 Å². The molecule has 0 bridgehead atoms. The summed E-state index contributed by atoms with van der Waals surface area (Å²) >= 11 is 0. The lowest BCUT2D eigenvalue weighted by Gasteiger charge is -2.24. The Kier molecular flexibility index (Phi) is 4.31. The average molecular weight is 286 g/mol. The largest absolute Gasteiger partial charge is 0.394 e. The Morgan fingerprint density at radius 2 is 2.29 bits per heavy atom. The van der Waals surface area contributed by atoms with Crippen LogP contribution in [-0.4, -0.2) is 26.5 Å². The molecule has 1 aliphatic rings. The highest BCUT2D eigenvalue weighted by atomic mass is 16.3. The number of hydrogen-bond donors (Lipinski definition) is 2. The van der Waals surface area contributed by atoms with Gasteiger partial charge in [0, 0.05) is 35.7 Å². The van der Waals surface area contributed by atoms with Gasteiger partial charge in [0.25, 0.3) is 0 Å². The quantitative estimate of drug-likeness (QED) is 0.879. The normalized spacial score (nSPS) is 17.7. The van der Waals surface area contributed by atoms with E-state index in [1.807, 2.05) is 30.1 Å². The molecular formula is C16H22N4O. The lowest BCUT2D eigenvalue weighted by atomic mass is 9.93. The molecule has 1 atom stereocenters. The van der Waals surface area contributed by atoms with Crippen LogP contribution < -0.4 is 5.32 Å². The predicted molar refractivity (Wildman–Crippen MR) is 80.8 cm³/mol. The number of aliphatic hydroxyl groups excluding tert-OH is 1. The summed E-state index contributed by atoms with van der Waals surface area (Å²) < 4.78 is 1.94. The van der Waals surface area contributed by atoms with Crippen molar-refractivity contribution in [1.29, 1.82) is 0 Å². The fourth-order valence-corrected chi connectivity index (χ4v) is 2.96. The first-order valence-electron chi connectivity index (χ1n) is 7.58. The maximum absolute atomic E-state index is 9.10. The maximum Gasteiger partial charge on any atom is 0.0644 e. The molecule has 112 valence electrons. The highest BCUT2D eigenvalue weighted by Crippen LogP contribution is 2.29. The Balaban J connectivity index is 1.69. The molecule has 2 N–H and O–H groups in total. The molecule has 0 saturated carbocycles. The summed E-state index contributed by atoms with van der Waals surface area (Å²) in [6, 6.07) is 4.51. The number of aliphatic hydroxyl groups is 1. The minimum atomic E-state index is 0.140. The number of fused-ring (bicyclic) bond motifs is 1. The van der Waals surface area contributed by atoms with E-state index < -0.39 is 0 Å². The van der Waals surface area contributed by atoms with Crippen LogP contribution in [0.4, 0.5) is 0 Å². The van der Waals surface area contributed by atoms with E-state index in [9.17, 15) is 0 Å². The monoisotopic (exact) mass is 286 g/mol. The van der Waals surface area contributed by atoms with Crippen molar-refractivity contribution in [2.24, 2.45) is 0 Å². The molecular weight excluding hydrogens is 264 g/mol. The summed E-state index contributed by atoms with van der Waals surface area (Å²) in [5.74, 6) is 0. The third kappa shape index (κ3) is 3.14. The third-order valence-corrected chi connectivity index (χ3v) is 4.10.